The van der Waals surface area contributed by atoms with Crippen LogP contribution in [0.3, 0.4) is 0 Å². The number of hydrogen-bond acceptors (Lipinski definition) is 2. The molecule has 1 aromatic carbocycles. The molecule has 2 nitrogen and oxygen atoms in total. The molecule has 17 heavy (non-hydrogen) atoms. The van der Waals surface area contributed by atoms with Crippen molar-refractivity contribution < 1.29 is 0 Å². The van der Waals surface area contributed by atoms with Crippen molar-refractivity contribution in [3.63, 3.8) is 0 Å². The molecular weight excluding hydrogens is 208 g/mol. The van der Waals surface area contributed by atoms with Crippen molar-refractivity contribution in [2.45, 2.75) is 59.3 Å². The molecule has 0 saturated carbocycles. The van der Waals surface area contributed by atoms with Crippen molar-refractivity contribution in [3.8, 4) is 0 Å². The minimum absolute atomic E-state index is 0.367. The molecule has 0 aliphatic heterocycles. The lowest BCUT2D eigenvalue weighted by molar-refractivity contribution is 0.813. The maximum absolute atomic E-state index is 6.28. The predicted molar refractivity (Wildman–Crippen MR) is 77.5 cm³/mol. The highest BCUT2D eigenvalue weighted by Crippen LogP contribution is 2.39. The van der Waals surface area contributed by atoms with E-state index in [0.29, 0.717) is 17.8 Å². The van der Waals surface area contributed by atoms with Crippen LogP contribution in [-0.2, 0) is 0 Å². The highest BCUT2D eigenvalue weighted by molar-refractivity contribution is 5.71. The molecule has 0 atom stereocenters. The predicted octanol–water partition coefficient (Wildman–Crippen LogP) is 4.22. The monoisotopic (exact) mass is 234 g/mol. The fourth-order valence-electron chi connectivity index (χ4n) is 2.36. The summed E-state index contributed by atoms with van der Waals surface area (Å²) in [5, 5.41) is 0. The summed E-state index contributed by atoms with van der Waals surface area (Å²) in [5.41, 5.74) is 17.9. The highest BCUT2D eigenvalue weighted by Gasteiger charge is 2.19. The summed E-state index contributed by atoms with van der Waals surface area (Å²) >= 11 is 0. The van der Waals surface area contributed by atoms with Crippen molar-refractivity contribution >= 4 is 11.4 Å². The van der Waals surface area contributed by atoms with Crippen molar-refractivity contribution in [1.29, 1.82) is 0 Å². The maximum Gasteiger partial charge on any atom is 0.0405 e. The Balaban J connectivity index is 3.58. The molecule has 0 aromatic heterocycles. The minimum atomic E-state index is 0.367. The van der Waals surface area contributed by atoms with Gasteiger partial charge in [-0.3, -0.25) is 0 Å². The number of hydrogen-bond donors (Lipinski definition) is 2. The second-order valence-electron chi connectivity index (χ2n) is 5.76. The van der Waals surface area contributed by atoms with E-state index in [1.807, 2.05) is 0 Å². The number of nitrogens with two attached hydrogens (primary N) is 2. The van der Waals surface area contributed by atoms with Gasteiger partial charge in [0.05, 0.1) is 0 Å². The van der Waals surface area contributed by atoms with Gasteiger partial charge in [0, 0.05) is 16.9 Å². The Labute approximate surface area is 105 Å². The van der Waals surface area contributed by atoms with Crippen LogP contribution >= 0.6 is 0 Å². The van der Waals surface area contributed by atoms with Crippen LogP contribution in [-0.4, -0.2) is 0 Å². The molecule has 0 saturated heterocycles. The second kappa shape index (κ2) is 4.99. The van der Waals surface area contributed by atoms with E-state index >= 15 is 0 Å². The topological polar surface area (TPSA) is 52.0 Å². The van der Waals surface area contributed by atoms with Crippen LogP contribution in [0.15, 0.2) is 6.07 Å². The van der Waals surface area contributed by atoms with Gasteiger partial charge >= 0.3 is 0 Å². The van der Waals surface area contributed by atoms with Gasteiger partial charge in [0.15, 0.2) is 0 Å². The molecule has 1 aromatic rings. The Bertz CT molecular complexity index is 372. The van der Waals surface area contributed by atoms with Crippen LogP contribution in [0.5, 0.6) is 0 Å². The molecule has 96 valence electrons. The Hall–Kier alpha value is -1.18. The third-order valence-electron chi connectivity index (χ3n) is 3.33. The number of anilines is 2. The van der Waals surface area contributed by atoms with Crippen LogP contribution in [0.4, 0.5) is 11.4 Å². The van der Waals surface area contributed by atoms with E-state index in [9.17, 15) is 0 Å². The summed E-state index contributed by atoms with van der Waals surface area (Å²) < 4.78 is 0. The van der Waals surface area contributed by atoms with E-state index < -0.39 is 0 Å². The lowest BCUT2D eigenvalue weighted by atomic mass is 9.86. The molecule has 0 heterocycles. The minimum Gasteiger partial charge on any atom is -0.398 e. The molecule has 0 unspecified atom stereocenters. The fraction of sp³-hybridized carbons (Fsp3) is 0.600. The van der Waals surface area contributed by atoms with Crippen LogP contribution < -0.4 is 11.5 Å². The number of benzene rings is 1. The molecule has 4 N–H and O–H groups in total. The zero-order valence-electron chi connectivity index (χ0n) is 12.0. The highest BCUT2D eigenvalue weighted by atomic mass is 14.6. The normalized spacial score (nSPS) is 11.8. The molecule has 0 amide bonds. The average molecular weight is 234 g/mol. The fourth-order valence-corrected chi connectivity index (χ4v) is 2.36. The molecule has 0 aliphatic carbocycles. The summed E-state index contributed by atoms with van der Waals surface area (Å²) in [7, 11) is 0. The smallest absolute Gasteiger partial charge is 0.0405 e. The van der Waals surface area contributed by atoms with Gasteiger partial charge in [-0.15, -0.1) is 0 Å². The summed E-state index contributed by atoms with van der Waals surface area (Å²) in [6, 6.07) is 2.19. The zero-order valence-corrected chi connectivity index (χ0v) is 12.0. The van der Waals surface area contributed by atoms with Crippen molar-refractivity contribution in [3.05, 3.63) is 22.8 Å². The van der Waals surface area contributed by atoms with E-state index in [1.165, 1.54) is 11.1 Å². The molecule has 0 bridgehead atoms. The molecule has 0 aliphatic rings. The Morgan fingerprint density at radius 2 is 1.06 bits per heavy atom. The Kier molecular flexibility index (Phi) is 4.07. The van der Waals surface area contributed by atoms with Gasteiger partial charge in [0.1, 0.15) is 0 Å². The van der Waals surface area contributed by atoms with Gasteiger partial charge in [-0.05, 0) is 28.9 Å². The van der Waals surface area contributed by atoms with E-state index in [2.05, 4.69) is 47.6 Å². The van der Waals surface area contributed by atoms with Crippen molar-refractivity contribution in [2.24, 2.45) is 0 Å². The SMILES string of the molecule is CC(C)c1cc(C(C)C)c(N)c(C(C)C)c1N. The largest absolute Gasteiger partial charge is 0.398 e. The first kappa shape index (κ1) is 13.9. The Morgan fingerprint density at radius 1 is 0.706 bits per heavy atom. The summed E-state index contributed by atoms with van der Waals surface area (Å²) in [4.78, 5) is 0. The van der Waals surface area contributed by atoms with Crippen molar-refractivity contribution in [2.75, 3.05) is 11.5 Å². The van der Waals surface area contributed by atoms with Gasteiger partial charge in [0.2, 0.25) is 0 Å². The lowest BCUT2D eigenvalue weighted by Crippen LogP contribution is -2.10. The quantitative estimate of drug-likeness (QED) is 0.769. The van der Waals surface area contributed by atoms with E-state index in [-0.39, 0.29) is 0 Å². The van der Waals surface area contributed by atoms with E-state index in [4.69, 9.17) is 11.5 Å². The number of nitrogen functional groups attached to an aromatic ring is 2. The molecule has 2 heteroatoms. The maximum atomic E-state index is 6.28. The Morgan fingerprint density at radius 3 is 1.29 bits per heavy atom. The standard InChI is InChI=1S/C15H26N2/c1-8(2)11-7-12(9(3)4)15(17)13(10(5)6)14(11)16/h7-10H,16-17H2,1-6H3. The van der Waals surface area contributed by atoms with Gasteiger partial charge < -0.3 is 11.5 Å². The lowest BCUT2D eigenvalue weighted by Gasteiger charge is -2.23. The second-order valence-corrected chi connectivity index (χ2v) is 5.76. The van der Waals surface area contributed by atoms with Crippen LogP contribution in [0.25, 0.3) is 0 Å². The van der Waals surface area contributed by atoms with Crippen LogP contribution in [0.1, 0.15) is 76.0 Å². The first-order valence-electron chi connectivity index (χ1n) is 6.48. The molecule has 0 fully saturated rings. The van der Waals surface area contributed by atoms with Gasteiger partial charge in [-0.2, -0.15) is 0 Å². The molecule has 0 radical (unpaired) electrons. The van der Waals surface area contributed by atoms with Crippen LogP contribution in [0.2, 0.25) is 0 Å². The molecular formula is C15H26N2. The van der Waals surface area contributed by atoms with Crippen LogP contribution in [0, 0.1) is 0 Å². The van der Waals surface area contributed by atoms with E-state index in [1.54, 1.807) is 0 Å². The summed E-state index contributed by atoms with van der Waals surface area (Å²) in [5.74, 6) is 1.24. The third kappa shape index (κ3) is 2.56. The summed E-state index contributed by atoms with van der Waals surface area (Å²) in [6.45, 7) is 13.0. The molecule has 1 rings (SSSR count). The molecule has 0 spiro atoms. The van der Waals surface area contributed by atoms with Crippen molar-refractivity contribution in [1.82, 2.24) is 0 Å². The van der Waals surface area contributed by atoms with Gasteiger partial charge in [0.25, 0.3) is 0 Å². The average Bonchev–Trinajstić information content (AvgIpc) is 2.15. The van der Waals surface area contributed by atoms with E-state index in [0.717, 1.165) is 16.9 Å². The first-order chi connectivity index (χ1) is 7.77. The summed E-state index contributed by atoms with van der Waals surface area (Å²) in [6.07, 6.45) is 0. The first-order valence-corrected chi connectivity index (χ1v) is 6.48. The number of rotatable bonds is 3. The van der Waals surface area contributed by atoms with Gasteiger partial charge in [-0.25, -0.2) is 0 Å². The van der Waals surface area contributed by atoms with Gasteiger partial charge in [-0.1, -0.05) is 47.6 Å². The zero-order chi connectivity index (χ0) is 13.3. The third-order valence-corrected chi connectivity index (χ3v) is 3.33.